The summed E-state index contributed by atoms with van der Waals surface area (Å²) in [6.45, 7) is 18.7. The maximum atomic E-state index is 6.46. The van der Waals surface area contributed by atoms with Crippen molar-refractivity contribution in [1.82, 2.24) is 0 Å². The molecule has 2 aliphatic carbocycles. The van der Waals surface area contributed by atoms with Gasteiger partial charge in [-0.1, -0.05) is 0 Å². The minimum absolute atomic E-state index is 0. The van der Waals surface area contributed by atoms with Crippen LogP contribution in [0.25, 0.3) is 11.1 Å². The van der Waals surface area contributed by atoms with Crippen LogP contribution in [-0.4, -0.2) is 3.21 Å². The maximum Gasteiger partial charge on any atom is -1.00 e. The first-order chi connectivity index (χ1) is 20.7. The average molecular weight is 768 g/mol. The summed E-state index contributed by atoms with van der Waals surface area (Å²) in [4.78, 5) is 0. The Bertz CT molecular complexity index is 1750. The molecule has 6 rings (SSSR count). The molecule has 0 heterocycles. The predicted molar refractivity (Wildman–Crippen MR) is 189 cm³/mol. The second-order valence-electron chi connectivity index (χ2n) is 14.6. The number of benzene rings is 4. The molecule has 0 aliphatic heterocycles. The number of allylic oxidation sites excluding steroid dienone is 4. The van der Waals surface area contributed by atoms with Crippen LogP contribution in [0.4, 0.5) is 0 Å². The summed E-state index contributed by atoms with van der Waals surface area (Å²) in [5, 5.41) is 1.53. The molecule has 0 N–H and O–H groups in total. The standard InChI is InChI=1S/C23H29.C13H8Cl2.C5H5.2ClH.Zr/c1-14-9-16-11-17-10-15(2)21(23(6,7)8)13-19(17)18(16)12-20(14)22(3,4)5;14-12-5-1-10(2-6-12)9-11-3-7-13(15)8-4-11;1-2-4-5-3-1;;;/h9-13H,1-8H3;1-8H;1-3H,4H2;2*1H;/q;;;;;+2/p-2. The van der Waals surface area contributed by atoms with E-state index in [0.29, 0.717) is 3.63 Å². The van der Waals surface area contributed by atoms with E-state index in [1.165, 1.54) is 58.8 Å². The molecule has 0 aromatic heterocycles. The van der Waals surface area contributed by atoms with Crippen LogP contribution in [0.5, 0.6) is 0 Å². The second-order valence-corrected chi connectivity index (χ2v) is 21.7. The zero-order valence-corrected chi connectivity index (χ0v) is 33.4. The van der Waals surface area contributed by atoms with E-state index in [1.807, 2.05) is 24.3 Å². The monoisotopic (exact) mass is 764 g/mol. The fraction of sp³-hybridized carbons (Fsp3) is 0.293. The van der Waals surface area contributed by atoms with Gasteiger partial charge in [-0.2, -0.15) is 0 Å². The van der Waals surface area contributed by atoms with Gasteiger partial charge in [-0.3, -0.25) is 0 Å². The van der Waals surface area contributed by atoms with Gasteiger partial charge in [0.25, 0.3) is 0 Å². The molecule has 5 heteroatoms. The van der Waals surface area contributed by atoms with Gasteiger partial charge >= 0.3 is 284 Å². The van der Waals surface area contributed by atoms with Gasteiger partial charge in [0.05, 0.1) is 0 Å². The third kappa shape index (κ3) is 7.02. The van der Waals surface area contributed by atoms with Crippen molar-refractivity contribution in [3.8, 4) is 11.1 Å². The Hall–Kier alpha value is -1.73. The average Bonchev–Trinajstić information content (AvgIpc) is 3.57. The summed E-state index contributed by atoms with van der Waals surface area (Å²) in [7, 11) is 0. The Balaban J connectivity index is 0.00000240. The van der Waals surface area contributed by atoms with Gasteiger partial charge in [0, 0.05) is 0 Å². The van der Waals surface area contributed by atoms with E-state index in [1.54, 1.807) is 3.28 Å². The Morgan fingerprint density at radius 3 is 1.41 bits per heavy atom. The number of fused-ring (bicyclic) bond motifs is 3. The van der Waals surface area contributed by atoms with Crippen molar-refractivity contribution in [2.45, 2.75) is 76.3 Å². The third-order valence-electron chi connectivity index (χ3n) is 9.26. The molecule has 0 saturated carbocycles. The van der Waals surface area contributed by atoms with Gasteiger partial charge in [0.1, 0.15) is 0 Å². The van der Waals surface area contributed by atoms with Crippen molar-refractivity contribution in [2.75, 3.05) is 0 Å². The summed E-state index contributed by atoms with van der Waals surface area (Å²) in [6.07, 6.45) is 8.08. The summed E-state index contributed by atoms with van der Waals surface area (Å²) in [5.74, 6) is 0. The molecule has 0 amide bonds. The molecule has 2 aliphatic rings. The molecule has 0 fully saturated rings. The molecule has 0 bridgehead atoms. The second kappa shape index (κ2) is 14.0. The van der Waals surface area contributed by atoms with Crippen LogP contribution in [0, 0.1) is 13.8 Å². The van der Waals surface area contributed by atoms with E-state index >= 15 is 0 Å². The number of hydrogen-bond acceptors (Lipinski definition) is 0. The zero-order valence-electron chi connectivity index (χ0n) is 28.0. The SMILES string of the molecule is Cc1cc2c(cc1C(C)(C)C)-c1cc(C(C)(C)C)c(C)cc1[CH]2[Zr+2]([C]1=CC=CC1)=[C](c1ccc(Cl)cc1)c1ccc(Cl)cc1.[Cl-].[Cl-]. The van der Waals surface area contributed by atoms with E-state index in [2.05, 4.69) is 122 Å². The summed E-state index contributed by atoms with van der Waals surface area (Å²) >= 11 is 10.1. The molecule has 238 valence electrons. The molecule has 4 aromatic carbocycles. The number of hydrogen-bond donors (Lipinski definition) is 0. The molecule has 4 aromatic rings. The van der Waals surface area contributed by atoms with Gasteiger partial charge in [0.15, 0.2) is 0 Å². The normalized spacial score (nSPS) is 13.6. The molecule has 0 radical (unpaired) electrons. The van der Waals surface area contributed by atoms with Crippen molar-refractivity contribution in [3.05, 3.63) is 149 Å². The quantitative estimate of drug-likeness (QED) is 0.239. The van der Waals surface area contributed by atoms with Crippen molar-refractivity contribution in [3.63, 3.8) is 0 Å². The molecule has 0 saturated heterocycles. The number of rotatable bonds is 4. The molecule has 46 heavy (non-hydrogen) atoms. The molecular weight excluding hydrogens is 725 g/mol. The van der Waals surface area contributed by atoms with E-state index in [9.17, 15) is 0 Å². The van der Waals surface area contributed by atoms with E-state index in [4.69, 9.17) is 23.2 Å². The number of aryl methyl sites for hydroxylation is 2. The van der Waals surface area contributed by atoms with Crippen LogP contribution in [0.15, 0.2) is 94.3 Å². The van der Waals surface area contributed by atoms with Crippen LogP contribution in [0.2, 0.25) is 10.0 Å². The van der Waals surface area contributed by atoms with Crippen molar-refractivity contribution in [2.24, 2.45) is 0 Å². The fourth-order valence-corrected chi connectivity index (χ4v) is 16.6. The minimum atomic E-state index is -2.80. The Morgan fingerprint density at radius 1 is 0.652 bits per heavy atom. The van der Waals surface area contributed by atoms with E-state index < -0.39 is 21.3 Å². The topological polar surface area (TPSA) is 0 Å². The molecule has 0 atom stereocenters. The van der Waals surface area contributed by atoms with Gasteiger partial charge in [-0.25, -0.2) is 0 Å². The largest absolute Gasteiger partial charge is 1.00 e. The first-order valence-electron chi connectivity index (χ1n) is 15.7. The number of halogens is 4. The van der Waals surface area contributed by atoms with E-state index in [0.717, 1.165) is 16.5 Å². The zero-order chi connectivity index (χ0) is 31.6. The fourth-order valence-electron chi connectivity index (χ4n) is 7.35. The van der Waals surface area contributed by atoms with Crippen LogP contribution < -0.4 is 24.8 Å². The van der Waals surface area contributed by atoms with Gasteiger partial charge < -0.3 is 24.8 Å². The Labute approximate surface area is 306 Å². The summed E-state index contributed by atoms with van der Waals surface area (Å²) < 4.78 is 3.50. The summed E-state index contributed by atoms with van der Waals surface area (Å²) in [5.41, 5.74) is 14.2. The maximum absolute atomic E-state index is 6.46. The van der Waals surface area contributed by atoms with Gasteiger partial charge in [0.2, 0.25) is 0 Å². The van der Waals surface area contributed by atoms with Crippen LogP contribution in [-0.2, 0) is 32.1 Å². The predicted octanol–water partition coefficient (Wildman–Crippen LogP) is 6.01. The van der Waals surface area contributed by atoms with Crippen molar-refractivity contribution in [1.29, 1.82) is 0 Å². The van der Waals surface area contributed by atoms with Crippen LogP contribution >= 0.6 is 23.2 Å². The molecule has 0 unspecified atom stereocenters. The minimum Gasteiger partial charge on any atom is -1.00 e. The molecule has 0 spiro atoms. The van der Waals surface area contributed by atoms with Crippen molar-refractivity contribution < 1.29 is 46.1 Å². The first-order valence-corrected chi connectivity index (χ1v) is 20.3. The van der Waals surface area contributed by atoms with Crippen LogP contribution in [0.3, 0.4) is 0 Å². The first kappa shape index (κ1) is 37.1. The van der Waals surface area contributed by atoms with Gasteiger partial charge in [-0.05, 0) is 0 Å². The smallest absolute Gasteiger partial charge is 1.00 e. The molecular formula is C41H42Cl4Zr. The summed E-state index contributed by atoms with van der Waals surface area (Å²) in [6, 6.07) is 27.3. The van der Waals surface area contributed by atoms with Crippen LogP contribution in [0.1, 0.15) is 96.1 Å². The van der Waals surface area contributed by atoms with E-state index in [-0.39, 0.29) is 35.6 Å². The Kier molecular flexibility index (Phi) is 11.3. The third-order valence-corrected chi connectivity index (χ3v) is 18.1. The Morgan fingerprint density at radius 2 is 1.07 bits per heavy atom. The van der Waals surface area contributed by atoms with Gasteiger partial charge in [-0.15, -0.1) is 0 Å². The molecule has 0 nitrogen and oxygen atoms in total. The van der Waals surface area contributed by atoms with Crippen molar-refractivity contribution >= 4 is 26.4 Å².